The monoisotopic (exact) mass is 216 g/mol. The van der Waals surface area contributed by atoms with E-state index >= 15 is 0 Å². The molecule has 1 aromatic rings. The van der Waals surface area contributed by atoms with Crippen molar-refractivity contribution in [2.45, 2.75) is 0 Å². The highest BCUT2D eigenvalue weighted by Crippen LogP contribution is 2.17. The fourth-order valence-electron chi connectivity index (χ4n) is 0.722. The van der Waals surface area contributed by atoms with E-state index in [0.29, 0.717) is 10.3 Å². The van der Waals surface area contributed by atoms with E-state index < -0.39 is 0 Å². The highest BCUT2D eigenvalue weighted by Gasteiger charge is 1.96. The highest BCUT2D eigenvalue weighted by molar-refractivity contribution is 6.64. The minimum Gasteiger partial charge on any atom is -0.353 e. The summed E-state index contributed by atoms with van der Waals surface area (Å²) in [5.74, 6) is 0. The summed E-state index contributed by atoms with van der Waals surface area (Å²) in [6, 6.07) is 7.18. The molecule has 0 saturated carbocycles. The van der Waals surface area contributed by atoms with E-state index in [4.69, 9.17) is 23.2 Å². The summed E-state index contributed by atoms with van der Waals surface area (Å²) in [6.07, 6.45) is 0. The maximum Gasteiger partial charge on any atom is 0.198 e. The zero-order valence-corrected chi connectivity index (χ0v) is 8.97. The molecule has 0 aliphatic carbocycles. The molecular formula is C9H10Cl2N2. The maximum absolute atomic E-state index is 5.83. The van der Waals surface area contributed by atoms with Gasteiger partial charge in [0.25, 0.3) is 0 Å². The van der Waals surface area contributed by atoms with E-state index in [2.05, 4.69) is 4.99 Å². The van der Waals surface area contributed by atoms with Crippen LogP contribution in [0.15, 0.2) is 29.3 Å². The summed E-state index contributed by atoms with van der Waals surface area (Å²) in [5.41, 5.74) is 0.795. The number of nitrogens with zero attached hydrogens (tertiary/aromatic N) is 2. The van der Waals surface area contributed by atoms with Crippen LogP contribution in [-0.4, -0.2) is 24.3 Å². The molecule has 0 amide bonds. The van der Waals surface area contributed by atoms with Crippen molar-refractivity contribution in [3.8, 4) is 0 Å². The summed E-state index contributed by atoms with van der Waals surface area (Å²) >= 11 is 11.6. The molecule has 13 heavy (non-hydrogen) atoms. The molecule has 0 aromatic heterocycles. The normalized spacial score (nSPS) is 11.5. The summed E-state index contributed by atoms with van der Waals surface area (Å²) in [5, 5.41) is 1.14. The van der Waals surface area contributed by atoms with Crippen molar-refractivity contribution >= 4 is 34.2 Å². The fraction of sp³-hybridized carbons (Fsp3) is 0.222. The molecule has 2 nitrogen and oxygen atoms in total. The van der Waals surface area contributed by atoms with Gasteiger partial charge in [-0.1, -0.05) is 11.6 Å². The predicted molar refractivity (Wildman–Crippen MR) is 58.1 cm³/mol. The number of amidine groups is 1. The van der Waals surface area contributed by atoms with E-state index in [-0.39, 0.29) is 0 Å². The summed E-state index contributed by atoms with van der Waals surface area (Å²) in [4.78, 5) is 5.88. The lowest BCUT2D eigenvalue weighted by molar-refractivity contribution is 0.635. The lowest BCUT2D eigenvalue weighted by atomic mass is 10.3. The second kappa shape index (κ2) is 4.49. The number of halogens is 2. The van der Waals surface area contributed by atoms with Crippen LogP contribution in [0, 0.1) is 0 Å². The number of aliphatic imine (C=N–C) groups is 1. The van der Waals surface area contributed by atoms with Gasteiger partial charge in [0.15, 0.2) is 5.29 Å². The van der Waals surface area contributed by atoms with Crippen LogP contribution in [0.2, 0.25) is 5.02 Å². The van der Waals surface area contributed by atoms with Crippen molar-refractivity contribution < 1.29 is 0 Å². The second-order valence-corrected chi connectivity index (χ2v) is 3.53. The third-order valence-corrected chi connectivity index (χ3v) is 2.09. The Hall–Kier alpha value is -0.730. The first kappa shape index (κ1) is 10.4. The van der Waals surface area contributed by atoms with Crippen LogP contribution in [0.3, 0.4) is 0 Å². The molecule has 0 heterocycles. The Kier molecular flexibility index (Phi) is 3.58. The summed E-state index contributed by atoms with van der Waals surface area (Å²) in [6.45, 7) is 0. The van der Waals surface area contributed by atoms with Crippen LogP contribution in [0.25, 0.3) is 0 Å². The summed E-state index contributed by atoms with van der Waals surface area (Å²) < 4.78 is 0. The first-order chi connectivity index (χ1) is 6.09. The van der Waals surface area contributed by atoms with Gasteiger partial charge in [0.2, 0.25) is 0 Å². The van der Waals surface area contributed by atoms with Crippen LogP contribution in [-0.2, 0) is 0 Å². The van der Waals surface area contributed by atoms with Gasteiger partial charge in [-0.25, -0.2) is 4.99 Å². The molecule has 0 bridgehead atoms. The first-order valence-electron chi connectivity index (χ1n) is 3.76. The molecule has 4 heteroatoms. The van der Waals surface area contributed by atoms with Gasteiger partial charge in [0.1, 0.15) is 0 Å². The molecule has 0 aliphatic rings. The number of benzene rings is 1. The maximum atomic E-state index is 5.83. The van der Waals surface area contributed by atoms with Crippen LogP contribution in [0.4, 0.5) is 5.69 Å². The molecule has 0 atom stereocenters. The molecule has 1 rings (SSSR count). The van der Waals surface area contributed by atoms with E-state index in [1.165, 1.54) is 0 Å². The van der Waals surface area contributed by atoms with Crippen LogP contribution in [0.5, 0.6) is 0 Å². The van der Waals surface area contributed by atoms with E-state index in [1.807, 2.05) is 26.2 Å². The second-order valence-electron chi connectivity index (χ2n) is 2.75. The Morgan fingerprint density at radius 2 is 1.77 bits per heavy atom. The van der Waals surface area contributed by atoms with Crippen LogP contribution in [0.1, 0.15) is 0 Å². The first-order valence-corrected chi connectivity index (χ1v) is 4.52. The molecule has 0 aliphatic heterocycles. The Balaban J connectivity index is 2.85. The zero-order valence-electron chi connectivity index (χ0n) is 7.46. The third kappa shape index (κ3) is 3.25. The Morgan fingerprint density at radius 3 is 2.23 bits per heavy atom. The SMILES string of the molecule is CN(C)C(Cl)=Nc1ccc(Cl)cc1. The Morgan fingerprint density at radius 1 is 1.23 bits per heavy atom. The molecule has 0 fully saturated rings. The molecular weight excluding hydrogens is 207 g/mol. The zero-order chi connectivity index (χ0) is 9.84. The summed E-state index contributed by atoms with van der Waals surface area (Å²) in [7, 11) is 3.67. The predicted octanol–water partition coefficient (Wildman–Crippen LogP) is 3.13. The lowest BCUT2D eigenvalue weighted by Gasteiger charge is -2.08. The third-order valence-electron chi connectivity index (χ3n) is 1.42. The van der Waals surface area contributed by atoms with Crippen molar-refractivity contribution in [1.82, 2.24) is 4.90 Å². The van der Waals surface area contributed by atoms with Crippen molar-refractivity contribution in [1.29, 1.82) is 0 Å². The fourth-order valence-corrected chi connectivity index (χ4v) is 0.946. The van der Waals surface area contributed by atoms with E-state index in [9.17, 15) is 0 Å². The topological polar surface area (TPSA) is 15.6 Å². The number of hydrogen-bond acceptors (Lipinski definition) is 1. The molecule has 0 unspecified atom stereocenters. The van der Waals surface area contributed by atoms with Crippen molar-refractivity contribution in [2.75, 3.05) is 14.1 Å². The highest BCUT2D eigenvalue weighted by atomic mass is 35.5. The van der Waals surface area contributed by atoms with Gasteiger partial charge in [-0.2, -0.15) is 0 Å². The molecule has 0 saturated heterocycles. The average Bonchev–Trinajstić information content (AvgIpc) is 2.08. The standard InChI is InChI=1S/C9H10Cl2N2/c1-13(2)9(11)12-8-5-3-7(10)4-6-8/h3-6H,1-2H3. The number of rotatable bonds is 1. The van der Waals surface area contributed by atoms with E-state index in [0.717, 1.165) is 5.69 Å². The molecule has 0 spiro atoms. The smallest absolute Gasteiger partial charge is 0.198 e. The minimum atomic E-state index is 0.447. The van der Waals surface area contributed by atoms with Gasteiger partial charge in [-0.3, -0.25) is 0 Å². The average molecular weight is 217 g/mol. The minimum absolute atomic E-state index is 0.447. The molecule has 0 N–H and O–H groups in total. The molecule has 1 aromatic carbocycles. The Bertz CT molecular complexity index is 304. The molecule has 70 valence electrons. The lowest BCUT2D eigenvalue weighted by Crippen LogP contribution is -2.15. The van der Waals surface area contributed by atoms with Crippen molar-refractivity contribution in [3.63, 3.8) is 0 Å². The van der Waals surface area contributed by atoms with Crippen molar-refractivity contribution in [2.24, 2.45) is 4.99 Å². The number of hydrogen-bond donors (Lipinski definition) is 0. The van der Waals surface area contributed by atoms with E-state index in [1.54, 1.807) is 17.0 Å². The largest absolute Gasteiger partial charge is 0.353 e. The quantitative estimate of drug-likeness (QED) is 0.401. The van der Waals surface area contributed by atoms with Crippen LogP contribution >= 0.6 is 23.2 Å². The van der Waals surface area contributed by atoms with Gasteiger partial charge in [0, 0.05) is 19.1 Å². The van der Waals surface area contributed by atoms with Gasteiger partial charge >= 0.3 is 0 Å². The van der Waals surface area contributed by atoms with Gasteiger partial charge < -0.3 is 4.90 Å². The van der Waals surface area contributed by atoms with Gasteiger partial charge in [-0.05, 0) is 35.9 Å². The Labute approximate surface area is 87.8 Å². The molecule has 0 radical (unpaired) electrons. The van der Waals surface area contributed by atoms with Gasteiger partial charge in [-0.15, -0.1) is 0 Å². The van der Waals surface area contributed by atoms with Crippen LogP contribution < -0.4 is 0 Å². The van der Waals surface area contributed by atoms with Crippen molar-refractivity contribution in [3.05, 3.63) is 29.3 Å². The van der Waals surface area contributed by atoms with Gasteiger partial charge in [0.05, 0.1) is 5.69 Å².